The largest absolute Gasteiger partial charge is 0.496 e. The van der Waals surface area contributed by atoms with Gasteiger partial charge in [-0.1, -0.05) is 75.2 Å². The van der Waals surface area contributed by atoms with E-state index in [1.54, 1.807) is 31.1 Å². The van der Waals surface area contributed by atoms with Crippen molar-refractivity contribution in [2.75, 3.05) is 45.2 Å². The summed E-state index contributed by atoms with van der Waals surface area (Å²) in [5, 5.41) is 9.99. The highest BCUT2D eigenvalue weighted by Gasteiger charge is 2.63. The number of rotatable bonds is 13. The van der Waals surface area contributed by atoms with Crippen LogP contribution in [0.15, 0.2) is 90.3 Å². The number of carbonyl (C=O) groups is 4. The number of methoxy groups -OCH3 is 1. The number of anilines is 1. The molecular formula is C58H70N8O8S2. The van der Waals surface area contributed by atoms with Gasteiger partial charge in [-0.15, -0.1) is 11.3 Å². The van der Waals surface area contributed by atoms with Crippen LogP contribution in [0.3, 0.4) is 0 Å². The Hall–Kier alpha value is -6.37. The number of aromatic nitrogens is 2. The van der Waals surface area contributed by atoms with Crippen LogP contribution in [-0.4, -0.2) is 125 Å². The van der Waals surface area contributed by atoms with Crippen LogP contribution in [0.2, 0.25) is 0 Å². The molecule has 3 aromatic carbocycles. The van der Waals surface area contributed by atoms with Crippen LogP contribution >= 0.6 is 11.3 Å². The topological polar surface area (TPSA) is 192 Å². The summed E-state index contributed by atoms with van der Waals surface area (Å²) in [5.74, 6) is -0.860. The quantitative estimate of drug-likeness (QED) is 0.0954. The molecule has 3 aliphatic heterocycles. The second kappa shape index (κ2) is 21.6. The lowest BCUT2D eigenvalue weighted by Crippen LogP contribution is -2.58. The summed E-state index contributed by atoms with van der Waals surface area (Å²) in [6, 6.07) is 21.6. The maximum atomic E-state index is 15.4. The van der Waals surface area contributed by atoms with E-state index < -0.39 is 56.2 Å². The van der Waals surface area contributed by atoms with Gasteiger partial charge in [-0.2, -0.15) is 0 Å². The lowest BCUT2D eigenvalue weighted by molar-refractivity contribution is -0.140. The standard InChI is InChI=1S/C58H70N8O8S2/c1-36(2)47-35-75-53(61-47)46-32-50(44-22-23-49(73-6)37(3)51(44)60-46)74-43-31-48-52(67)62-58(56(70)63-76(71,72)57(5)24-25-57)33-41(58)19-13-8-7-9-14-21-45(55(69)66(48)34-43)59-42-20-15-18-40(30-42)54(68)65-28-26-64(27-29-65)38(4)39-16-11-10-12-17-39/h10-13,15-20,22-23,30,32,35-36,38,41,43,45,48,59H,7-9,14,21,24-29,31,33-34H2,1-6H3,(H,62,67)(H,63,70)/t38?,41-,43-,45+,48+,58-/m1/s1. The highest BCUT2D eigenvalue weighted by atomic mass is 32.2. The molecule has 4 amide bonds. The number of benzene rings is 3. The number of sulfonamides is 1. The first-order chi connectivity index (χ1) is 36.5. The van der Waals surface area contributed by atoms with Crippen molar-refractivity contribution < 1.29 is 37.1 Å². The molecule has 2 aromatic heterocycles. The Balaban J connectivity index is 0.948. The molecule has 402 valence electrons. The molecule has 76 heavy (non-hydrogen) atoms. The highest BCUT2D eigenvalue weighted by molar-refractivity contribution is 7.91. The van der Waals surface area contributed by atoms with Crippen LogP contribution in [0.5, 0.6) is 11.5 Å². The van der Waals surface area contributed by atoms with E-state index in [-0.39, 0.29) is 43.2 Å². The van der Waals surface area contributed by atoms with Gasteiger partial charge >= 0.3 is 0 Å². The number of ether oxygens (including phenoxy) is 2. The predicted octanol–water partition coefficient (Wildman–Crippen LogP) is 8.54. The Morgan fingerprint density at radius 1 is 0.921 bits per heavy atom. The number of hydrogen-bond donors (Lipinski definition) is 3. The Kier molecular flexibility index (Phi) is 15.1. The molecule has 2 saturated heterocycles. The third kappa shape index (κ3) is 10.8. The normalized spacial score (nSPS) is 24.4. The van der Waals surface area contributed by atoms with E-state index in [1.807, 2.05) is 77.9 Å². The number of thiazole rings is 1. The number of amides is 4. The average Bonchev–Trinajstić information content (AvgIpc) is 4.24. The molecule has 0 radical (unpaired) electrons. The minimum Gasteiger partial charge on any atom is -0.496 e. The Morgan fingerprint density at radius 2 is 1.70 bits per heavy atom. The van der Waals surface area contributed by atoms with Crippen LogP contribution in [0.4, 0.5) is 5.69 Å². The highest BCUT2D eigenvalue weighted by Crippen LogP contribution is 2.48. The van der Waals surface area contributed by atoms with Crippen molar-refractivity contribution in [2.45, 2.75) is 133 Å². The van der Waals surface area contributed by atoms with E-state index in [0.717, 1.165) is 42.2 Å². The minimum atomic E-state index is -4.03. The zero-order valence-electron chi connectivity index (χ0n) is 44.3. The van der Waals surface area contributed by atoms with Gasteiger partial charge in [0, 0.05) is 78.2 Å². The molecule has 3 N–H and O–H groups in total. The van der Waals surface area contributed by atoms with E-state index in [2.05, 4.69) is 53.2 Å². The van der Waals surface area contributed by atoms with Gasteiger partial charge in [-0.25, -0.2) is 18.4 Å². The van der Waals surface area contributed by atoms with Crippen molar-refractivity contribution >= 4 is 61.6 Å². The zero-order valence-corrected chi connectivity index (χ0v) is 46.0. The van der Waals surface area contributed by atoms with Crippen molar-refractivity contribution in [3.63, 3.8) is 0 Å². The van der Waals surface area contributed by atoms with Gasteiger partial charge in [0.05, 0.1) is 29.6 Å². The van der Waals surface area contributed by atoms with Gasteiger partial charge in [-0.05, 0) is 101 Å². The number of pyridine rings is 1. The first-order valence-electron chi connectivity index (χ1n) is 26.9. The molecule has 5 aromatic rings. The molecule has 5 aliphatic rings. The van der Waals surface area contributed by atoms with Crippen LogP contribution in [0.1, 0.15) is 125 Å². The van der Waals surface area contributed by atoms with E-state index in [4.69, 9.17) is 19.4 Å². The Morgan fingerprint density at radius 3 is 2.42 bits per heavy atom. The van der Waals surface area contributed by atoms with Crippen molar-refractivity contribution in [1.82, 2.24) is 34.7 Å². The molecule has 0 bridgehead atoms. The van der Waals surface area contributed by atoms with Crippen LogP contribution in [-0.2, 0) is 24.4 Å². The second-order valence-electron chi connectivity index (χ2n) is 21.9. The lowest BCUT2D eigenvalue weighted by atomic mass is 10.0. The van der Waals surface area contributed by atoms with Gasteiger partial charge < -0.3 is 29.9 Å². The molecule has 2 saturated carbocycles. The second-order valence-corrected chi connectivity index (χ2v) is 25.0. The van der Waals surface area contributed by atoms with Crippen molar-refractivity contribution in [1.29, 1.82) is 0 Å². The molecule has 10 rings (SSSR count). The molecule has 0 spiro atoms. The van der Waals surface area contributed by atoms with Crippen LogP contribution < -0.4 is 24.8 Å². The number of hydrogen-bond acceptors (Lipinski definition) is 13. The fourth-order valence-corrected chi connectivity index (χ4v) is 13.2. The number of aryl methyl sites for hydroxylation is 1. The molecule has 4 fully saturated rings. The fourth-order valence-electron chi connectivity index (χ4n) is 11.0. The van der Waals surface area contributed by atoms with Crippen LogP contribution in [0.25, 0.3) is 21.6 Å². The third-order valence-corrected chi connectivity index (χ3v) is 19.4. The average molecular weight is 1070 g/mol. The molecule has 16 nitrogen and oxygen atoms in total. The number of allylic oxidation sites excluding steroid dienone is 1. The number of nitrogens with one attached hydrogen (secondary N) is 3. The maximum Gasteiger partial charge on any atom is 0.259 e. The van der Waals surface area contributed by atoms with Crippen molar-refractivity contribution in [2.24, 2.45) is 5.92 Å². The fraction of sp³-hybridized carbons (Fsp3) is 0.483. The maximum absolute atomic E-state index is 15.4. The van der Waals surface area contributed by atoms with Gasteiger partial charge in [0.25, 0.3) is 11.8 Å². The van der Waals surface area contributed by atoms with E-state index in [0.29, 0.717) is 84.5 Å². The minimum absolute atomic E-state index is 0.0286. The summed E-state index contributed by atoms with van der Waals surface area (Å²) in [5.41, 5.74) is 3.84. The number of nitrogens with zero attached hydrogens (tertiary/aromatic N) is 5. The SMILES string of the molecule is COc1ccc2c(O[C@@H]3C[C@H]4C(=O)N[C@]5(C(=O)NS(=O)(=O)C6(C)CC6)C[C@H]5C=CCCCCC[C@H](Nc5cccc(C(=O)N6CCN(C(C)c7ccccc7)CC6)c5)C(=O)N4C3)cc(-c3nc(C(C)C)cs3)nc2c1C. The number of piperazine rings is 1. The monoisotopic (exact) mass is 1070 g/mol. The first kappa shape index (κ1) is 53.0. The Bertz CT molecular complexity index is 3150. The summed E-state index contributed by atoms with van der Waals surface area (Å²) in [7, 11) is -2.42. The van der Waals surface area contributed by atoms with E-state index in [9.17, 15) is 18.0 Å². The summed E-state index contributed by atoms with van der Waals surface area (Å²) < 4.78 is 40.9. The smallest absolute Gasteiger partial charge is 0.259 e. The van der Waals surface area contributed by atoms with E-state index in [1.165, 1.54) is 16.9 Å². The zero-order chi connectivity index (χ0) is 53.5. The van der Waals surface area contributed by atoms with Gasteiger partial charge in [-0.3, -0.25) is 28.8 Å². The molecule has 18 heteroatoms. The van der Waals surface area contributed by atoms with Gasteiger partial charge in [0.1, 0.15) is 45.9 Å². The third-order valence-electron chi connectivity index (χ3n) is 16.3. The van der Waals surface area contributed by atoms with E-state index >= 15 is 9.59 Å². The molecule has 6 atom stereocenters. The van der Waals surface area contributed by atoms with Crippen molar-refractivity contribution in [3.05, 3.63) is 113 Å². The number of fused-ring (bicyclic) bond motifs is 3. The molecular weight excluding hydrogens is 1000 g/mol. The molecule has 5 heterocycles. The summed E-state index contributed by atoms with van der Waals surface area (Å²) in [4.78, 5) is 74.7. The summed E-state index contributed by atoms with van der Waals surface area (Å²) in [6.07, 6.45) is 7.84. The van der Waals surface area contributed by atoms with Gasteiger partial charge in [0.2, 0.25) is 21.8 Å². The van der Waals surface area contributed by atoms with Crippen molar-refractivity contribution in [3.8, 4) is 22.2 Å². The first-order valence-corrected chi connectivity index (χ1v) is 29.3. The summed E-state index contributed by atoms with van der Waals surface area (Å²) >= 11 is 1.49. The van der Waals surface area contributed by atoms with Crippen LogP contribution in [0, 0.1) is 12.8 Å². The summed E-state index contributed by atoms with van der Waals surface area (Å²) in [6.45, 7) is 12.6. The van der Waals surface area contributed by atoms with Gasteiger partial charge in [0.15, 0.2) is 0 Å². The molecule has 1 unspecified atom stereocenters. The predicted molar refractivity (Wildman–Crippen MR) is 295 cm³/mol. The lowest BCUT2D eigenvalue weighted by Gasteiger charge is -2.38. The molecule has 2 aliphatic carbocycles. The Labute approximate surface area is 450 Å². The number of carbonyl (C=O) groups excluding carboxylic acids is 4.